The molecule has 1 aromatic carbocycles. The second-order valence-corrected chi connectivity index (χ2v) is 2.08. The third kappa shape index (κ3) is 1.47. The molecule has 0 atom stereocenters. The van der Waals surface area contributed by atoms with Crippen LogP contribution in [0.15, 0.2) is 24.3 Å². The Hall–Kier alpha value is -0.461. The van der Waals surface area contributed by atoms with Gasteiger partial charge in [0, 0.05) is 0 Å². The van der Waals surface area contributed by atoms with E-state index in [1.165, 1.54) is 0 Å². The number of aryl methyl sites for hydroxylation is 1. The number of para-hydroxylation sites is 1. The van der Waals surface area contributed by atoms with Crippen molar-refractivity contribution in [2.75, 3.05) is 0 Å². The summed E-state index contributed by atoms with van der Waals surface area (Å²) in [6, 6.07) is 7.81. The molecule has 0 radical (unpaired) electrons. The zero-order valence-corrected chi connectivity index (χ0v) is 6.28. The number of rotatable bonds is 1. The van der Waals surface area contributed by atoms with E-state index < -0.39 is 0 Å². The Morgan fingerprint density at radius 2 is 2.00 bits per heavy atom. The van der Waals surface area contributed by atoms with E-state index in [4.69, 9.17) is 3.82 Å². The van der Waals surface area contributed by atoms with Gasteiger partial charge in [0.1, 0.15) is 0 Å². The Labute approximate surface area is 63.2 Å². The Kier molecular flexibility index (Phi) is 2.15. The second kappa shape index (κ2) is 2.90. The molecule has 1 rings (SSSR count). The van der Waals surface area contributed by atoms with E-state index in [1.807, 2.05) is 31.2 Å². The zero-order valence-electron chi connectivity index (χ0n) is 5.10. The van der Waals surface area contributed by atoms with Gasteiger partial charge in [0.05, 0.1) is 0 Å². The molecule has 0 bridgehead atoms. The van der Waals surface area contributed by atoms with Crippen LogP contribution in [0.25, 0.3) is 0 Å². The summed E-state index contributed by atoms with van der Waals surface area (Å²) in [7, 11) is 0. The molecule has 0 aromatic heterocycles. The van der Waals surface area contributed by atoms with Gasteiger partial charge in [0.25, 0.3) is 0 Å². The normalized spacial score (nSPS) is 9.11. The van der Waals surface area contributed by atoms with Crippen molar-refractivity contribution in [3.05, 3.63) is 29.8 Å². The van der Waals surface area contributed by atoms with Crippen molar-refractivity contribution < 1.29 is 20.2 Å². The third-order valence-corrected chi connectivity index (χ3v) is 1.44. The Balaban J connectivity index is 3.01. The monoisotopic (exact) mass is 162 g/mol. The van der Waals surface area contributed by atoms with E-state index >= 15 is 0 Å². The molecular weight excluding hydrogens is 155 g/mol. The van der Waals surface area contributed by atoms with Gasteiger partial charge in [0.15, 0.2) is 0 Å². The average molecular weight is 162 g/mol. The minimum atomic E-state index is 0.873. The minimum absolute atomic E-state index is 0.873. The molecule has 0 heterocycles. The van der Waals surface area contributed by atoms with Crippen LogP contribution in [0.4, 0.5) is 0 Å². The first kappa shape index (κ1) is 6.66. The van der Waals surface area contributed by atoms with Crippen molar-refractivity contribution in [2.24, 2.45) is 0 Å². The SMILES string of the molecule is Cc1ccccc1[O][Mn]. The summed E-state index contributed by atoms with van der Waals surface area (Å²) >= 11 is 2.91. The topological polar surface area (TPSA) is 9.23 Å². The third-order valence-electron chi connectivity index (χ3n) is 1.18. The number of benzene rings is 1. The van der Waals surface area contributed by atoms with Crippen LogP contribution in [0.2, 0.25) is 0 Å². The van der Waals surface area contributed by atoms with E-state index in [0.717, 1.165) is 11.3 Å². The van der Waals surface area contributed by atoms with Crippen molar-refractivity contribution in [2.45, 2.75) is 6.92 Å². The van der Waals surface area contributed by atoms with Gasteiger partial charge >= 0.3 is 62.7 Å². The van der Waals surface area contributed by atoms with Gasteiger partial charge in [-0.1, -0.05) is 0 Å². The molecule has 0 saturated heterocycles. The van der Waals surface area contributed by atoms with Crippen LogP contribution in [0, 0.1) is 6.92 Å². The predicted octanol–water partition coefficient (Wildman–Crippen LogP) is 1.84. The number of hydrogen-bond donors (Lipinski definition) is 0. The molecule has 0 aliphatic heterocycles. The fraction of sp³-hybridized carbons (Fsp3) is 0.143. The summed E-state index contributed by atoms with van der Waals surface area (Å²) in [6.45, 7) is 2.00. The summed E-state index contributed by atoms with van der Waals surface area (Å²) in [4.78, 5) is 0. The van der Waals surface area contributed by atoms with Gasteiger partial charge in [-0.15, -0.1) is 0 Å². The molecule has 2 heteroatoms. The second-order valence-electron chi connectivity index (χ2n) is 1.84. The predicted molar refractivity (Wildman–Crippen MR) is 31.8 cm³/mol. The van der Waals surface area contributed by atoms with Crippen LogP contribution in [-0.2, 0) is 16.3 Å². The van der Waals surface area contributed by atoms with Gasteiger partial charge in [-0.2, -0.15) is 0 Å². The van der Waals surface area contributed by atoms with Crippen molar-refractivity contribution in [3.8, 4) is 5.75 Å². The molecule has 0 N–H and O–H groups in total. The summed E-state index contributed by atoms with van der Waals surface area (Å²) < 4.78 is 4.86. The molecule has 0 saturated carbocycles. The van der Waals surface area contributed by atoms with Gasteiger partial charge in [-0.3, -0.25) is 0 Å². The van der Waals surface area contributed by atoms with Gasteiger partial charge < -0.3 is 0 Å². The molecule has 0 fully saturated rings. The number of hydrogen-bond acceptors (Lipinski definition) is 1. The Morgan fingerprint density at radius 3 is 2.44 bits per heavy atom. The average Bonchev–Trinajstić information content (AvgIpc) is 1.89. The van der Waals surface area contributed by atoms with Crippen LogP contribution in [0.1, 0.15) is 5.56 Å². The fourth-order valence-electron chi connectivity index (χ4n) is 0.643. The summed E-state index contributed by atoms with van der Waals surface area (Å²) in [6.07, 6.45) is 0. The quantitative estimate of drug-likeness (QED) is 0.572. The molecular formula is C7H7MnO. The maximum atomic E-state index is 4.86. The van der Waals surface area contributed by atoms with Crippen molar-refractivity contribution in [3.63, 3.8) is 0 Å². The molecule has 0 unspecified atom stereocenters. The van der Waals surface area contributed by atoms with Crippen LogP contribution < -0.4 is 3.82 Å². The molecule has 1 nitrogen and oxygen atoms in total. The van der Waals surface area contributed by atoms with Gasteiger partial charge in [0.2, 0.25) is 0 Å². The first-order valence-corrected chi connectivity index (χ1v) is 3.17. The summed E-state index contributed by atoms with van der Waals surface area (Å²) in [5.41, 5.74) is 1.13. The Bertz CT molecular complexity index is 198. The van der Waals surface area contributed by atoms with Crippen molar-refractivity contribution in [1.82, 2.24) is 0 Å². The first-order chi connectivity index (χ1) is 4.34. The molecule has 0 spiro atoms. The van der Waals surface area contributed by atoms with E-state index in [1.54, 1.807) is 0 Å². The fourth-order valence-corrected chi connectivity index (χ4v) is 0.913. The Morgan fingerprint density at radius 1 is 1.33 bits per heavy atom. The van der Waals surface area contributed by atoms with Gasteiger partial charge in [-0.25, -0.2) is 0 Å². The molecule has 1 aromatic rings. The van der Waals surface area contributed by atoms with E-state index in [0.29, 0.717) is 0 Å². The van der Waals surface area contributed by atoms with Crippen LogP contribution in [0.5, 0.6) is 5.75 Å². The molecule has 0 amide bonds. The summed E-state index contributed by atoms with van der Waals surface area (Å²) in [5, 5.41) is 0. The van der Waals surface area contributed by atoms with Crippen LogP contribution in [0.3, 0.4) is 0 Å². The van der Waals surface area contributed by atoms with Crippen molar-refractivity contribution in [1.29, 1.82) is 0 Å². The zero-order chi connectivity index (χ0) is 6.69. The summed E-state index contributed by atoms with van der Waals surface area (Å²) in [5.74, 6) is 0.873. The van der Waals surface area contributed by atoms with E-state index in [9.17, 15) is 0 Å². The first-order valence-electron chi connectivity index (χ1n) is 2.69. The molecule has 0 aliphatic rings. The van der Waals surface area contributed by atoms with Crippen LogP contribution in [-0.4, -0.2) is 0 Å². The van der Waals surface area contributed by atoms with Crippen molar-refractivity contribution >= 4 is 0 Å². The molecule has 9 heavy (non-hydrogen) atoms. The van der Waals surface area contributed by atoms with E-state index in [-0.39, 0.29) is 0 Å². The van der Waals surface area contributed by atoms with Crippen LogP contribution >= 0.6 is 0 Å². The van der Waals surface area contributed by atoms with Gasteiger partial charge in [-0.05, 0) is 0 Å². The molecule has 0 aliphatic carbocycles. The standard InChI is InChI=1S/C7H8O.Mn/c1-6-4-2-3-5-7(6)8;/h2-5,8H,1H3;/q;+1/p-1. The molecule has 48 valence electrons. The van der Waals surface area contributed by atoms with E-state index in [2.05, 4.69) is 16.3 Å². The maximum absolute atomic E-state index is 4.86.